The summed E-state index contributed by atoms with van der Waals surface area (Å²) in [5, 5.41) is 2.36. The molecule has 6 unspecified atom stereocenters. The molecule has 0 radical (unpaired) electrons. The Hall–Kier alpha value is -4.30. The number of anilines is 3. The van der Waals surface area contributed by atoms with Gasteiger partial charge in [-0.2, -0.15) is 0 Å². The first-order valence-electron chi connectivity index (χ1n) is 19.3. The third-order valence-electron chi connectivity index (χ3n) is 15.6. The molecule has 6 atom stereocenters. The lowest BCUT2D eigenvalue weighted by atomic mass is 9.27. The fraction of sp³-hybridized carbons (Fsp3) is 0.375. The van der Waals surface area contributed by atoms with Crippen LogP contribution >= 0.6 is 0 Å². The van der Waals surface area contributed by atoms with Gasteiger partial charge in [-0.05, 0) is 148 Å². The molecule has 2 bridgehead atoms. The number of para-hydroxylation sites is 1. The SMILES string of the molecule is CC1(C)CCC(C)(C)c2c(N(c3ccc4c(c3)-c3ccccc3C43C4CC5CC6CC3C64C5)c3cccc4oc5ccccc5c34)cccc21. The van der Waals surface area contributed by atoms with E-state index in [4.69, 9.17) is 4.42 Å². The van der Waals surface area contributed by atoms with Gasteiger partial charge in [0.05, 0.1) is 16.8 Å². The lowest BCUT2D eigenvalue weighted by Crippen LogP contribution is -2.73. The van der Waals surface area contributed by atoms with E-state index in [-0.39, 0.29) is 16.2 Å². The zero-order chi connectivity index (χ0) is 33.4. The zero-order valence-electron chi connectivity index (χ0n) is 29.7. The molecule has 1 heterocycles. The number of furan rings is 1. The molecule has 50 heavy (non-hydrogen) atoms. The summed E-state index contributed by atoms with van der Waals surface area (Å²) in [5.41, 5.74) is 15.8. The quantitative estimate of drug-likeness (QED) is 0.189. The number of nitrogens with zero attached hydrogens (tertiary/aromatic N) is 1. The summed E-state index contributed by atoms with van der Waals surface area (Å²) in [6, 6.07) is 39.5. The van der Waals surface area contributed by atoms with E-state index in [1.54, 1.807) is 11.1 Å². The molecule has 0 amide bonds. The van der Waals surface area contributed by atoms with E-state index < -0.39 is 0 Å². The molecule has 4 fully saturated rings. The Kier molecular flexibility index (Phi) is 5.08. The third kappa shape index (κ3) is 3.09. The van der Waals surface area contributed by atoms with Crippen molar-refractivity contribution in [1.82, 2.24) is 0 Å². The molecule has 6 aliphatic carbocycles. The van der Waals surface area contributed by atoms with Gasteiger partial charge in [-0.25, -0.2) is 0 Å². The van der Waals surface area contributed by atoms with E-state index >= 15 is 0 Å². The Labute approximate surface area is 295 Å². The van der Waals surface area contributed by atoms with E-state index in [2.05, 4.69) is 136 Å². The summed E-state index contributed by atoms with van der Waals surface area (Å²) in [7, 11) is 0. The van der Waals surface area contributed by atoms with Gasteiger partial charge in [-0.1, -0.05) is 94.4 Å². The average molecular weight is 652 g/mol. The van der Waals surface area contributed by atoms with Crippen LogP contribution in [0.2, 0.25) is 0 Å². The highest BCUT2D eigenvalue weighted by Gasteiger charge is 2.84. The Morgan fingerprint density at radius 1 is 0.620 bits per heavy atom. The van der Waals surface area contributed by atoms with Crippen molar-refractivity contribution < 1.29 is 4.42 Å². The fourth-order valence-corrected chi connectivity index (χ4v) is 13.7. The Morgan fingerprint density at radius 3 is 2.24 bits per heavy atom. The maximum absolute atomic E-state index is 6.52. The minimum absolute atomic E-state index is 0.0439. The van der Waals surface area contributed by atoms with E-state index in [1.165, 1.54) is 88.6 Å². The van der Waals surface area contributed by atoms with Crippen LogP contribution in [0.3, 0.4) is 0 Å². The maximum atomic E-state index is 6.52. The van der Waals surface area contributed by atoms with Crippen LogP contribution < -0.4 is 4.90 Å². The third-order valence-corrected chi connectivity index (χ3v) is 15.6. The van der Waals surface area contributed by atoms with E-state index in [0.717, 1.165) is 34.8 Å². The molecule has 2 spiro atoms. The molecule has 12 rings (SSSR count). The summed E-state index contributed by atoms with van der Waals surface area (Å²) >= 11 is 0. The second-order valence-corrected chi connectivity index (χ2v) is 18.4. The van der Waals surface area contributed by atoms with Crippen LogP contribution in [0.4, 0.5) is 17.1 Å². The van der Waals surface area contributed by atoms with Crippen molar-refractivity contribution in [2.75, 3.05) is 4.90 Å². The van der Waals surface area contributed by atoms with Gasteiger partial charge in [0.1, 0.15) is 11.2 Å². The maximum Gasteiger partial charge on any atom is 0.137 e. The highest BCUT2D eigenvalue weighted by Crippen LogP contribution is 2.89. The van der Waals surface area contributed by atoms with Gasteiger partial charge in [0.15, 0.2) is 0 Å². The summed E-state index contributed by atoms with van der Waals surface area (Å²) in [4.78, 5) is 2.61. The minimum atomic E-state index is 0.0439. The second-order valence-electron chi connectivity index (χ2n) is 18.4. The van der Waals surface area contributed by atoms with Crippen LogP contribution in [-0.4, -0.2) is 0 Å². The van der Waals surface area contributed by atoms with Crippen molar-refractivity contribution >= 4 is 39.0 Å². The highest BCUT2D eigenvalue weighted by atomic mass is 16.3. The smallest absolute Gasteiger partial charge is 0.137 e. The summed E-state index contributed by atoms with van der Waals surface area (Å²) < 4.78 is 6.52. The topological polar surface area (TPSA) is 16.4 Å². The van der Waals surface area contributed by atoms with Crippen molar-refractivity contribution in [3.05, 3.63) is 125 Å². The molecule has 6 aromatic rings. The summed E-state index contributed by atoms with van der Waals surface area (Å²) in [6.45, 7) is 9.81. The second kappa shape index (κ2) is 8.94. The first-order chi connectivity index (χ1) is 24.2. The largest absolute Gasteiger partial charge is 0.456 e. The number of hydrogen-bond donors (Lipinski definition) is 0. The minimum Gasteiger partial charge on any atom is -0.456 e. The average Bonchev–Trinajstić information content (AvgIpc) is 3.85. The number of hydrogen-bond acceptors (Lipinski definition) is 2. The molecule has 6 aliphatic rings. The van der Waals surface area contributed by atoms with E-state index in [9.17, 15) is 0 Å². The monoisotopic (exact) mass is 651 g/mol. The van der Waals surface area contributed by atoms with Gasteiger partial charge in [0, 0.05) is 16.5 Å². The molecule has 0 aliphatic heterocycles. The van der Waals surface area contributed by atoms with Gasteiger partial charge in [-0.15, -0.1) is 0 Å². The van der Waals surface area contributed by atoms with Gasteiger partial charge in [-0.3, -0.25) is 0 Å². The summed E-state index contributed by atoms with van der Waals surface area (Å²) in [6.07, 6.45) is 8.25. The number of benzene rings is 5. The van der Waals surface area contributed by atoms with Crippen molar-refractivity contribution in [2.24, 2.45) is 29.1 Å². The molecule has 2 heteroatoms. The number of fused-ring (bicyclic) bond motifs is 12. The van der Waals surface area contributed by atoms with Crippen LogP contribution in [0.5, 0.6) is 0 Å². The highest BCUT2D eigenvalue weighted by molar-refractivity contribution is 6.13. The lowest BCUT2D eigenvalue weighted by molar-refractivity contribution is -0.231. The summed E-state index contributed by atoms with van der Waals surface area (Å²) in [5.74, 6) is 3.59. The molecule has 0 N–H and O–H groups in total. The van der Waals surface area contributed by atoms with Crippen LogP contribution in [0.1, 0.15) is 88.5 Å². The molecule has 248 valence electrons. The Bertz CT molecular complexity index is 2460. The standard InChI is InChI=1S/C48H45NO/c1-45(2)21-22-46(3,4)44-36(45)14-9-16-38(44)49(37-15-10-18-40-43(37)32-12-6-8-17-39(32)50-40)30-19-20-35-33(26-30)31-11-5-7-13-34(31)48(35)41-24-28-23-29-25-42(48)47(29,41)27-28/h5-20,26,28-29,41-42H,21-25,27H2,1-4H3. The predicted molar refractivity (Wildman–Crippen MR) is 205 cm³/mol. The lowest BCUT2D eigenvalue weighted by Gasteiger charge is -2.76. The van der Waals surface area contributed by atoms with Gasteiger partial charge in [0.2, 0.25) is 0 Å². The number of rotatable bonds is 3. The van der Waals surface area contributed by atoms with Crippen molar-refractivity contribution in [1.29, 1.82) is 0 Å². The van der Waals surface area contributed by atoms with Gasteiger partial charge in [0.25, 0.3) is 0 Å². The van der Waals surface area contributed by atoms with E-state index in [1.807, 2.05) is 0 Å². The molecule has 4 saturated carbocycles. The first-order valence-corrected chi connectivity index (χ1v) is 19.3. The van der Waals surface area contributed by atoms with Crippen LogP contribution in [0.15, 0.2) is 108 Å². The van der Waals surface area contributed by atoms with E-state index in [0.29, 0.717) is 5.41 Å². The van der Waals surface area contributed by atoms with Crippen molar-refractivity contribution in [3.8, 4) is 11.1 Å². The molecule has 0 saturated heterocycles. The van der Waals surface area contributed by atoms with Crippen LogP contribution in [-0.2, 0) is 16.2 Å². The molecular formula is C48H45NO. The van der Waals surface area contributed by atoms with Gasteiger partial charge < -0.3 is 9.32 Å². The Morgan fingerprint density at radius 2 is 1.34 bits per heavy atom. The molecule has 2 nitrogen and oxygen atoms in total. The van der Waals surface area contributed by atoms with Crippen LogP contribution in [0.25, 0.3) is 33.1 Å². The fourth-order valence-electron chi connectivity index (χ4n) is 13.7. The van der Waals surface area contributed by atoms with Crippen LogP contribution in [0, 0.1) is 29.1 Å². The van der Waals surface area contributed by atoms with Crippen molar-refractivity contribution in [3.63, 3.8) is 0 Å². The molecule has 1 aromatic heterocycles. The molecule has 5 aromatic carbocycles. The Balaban J connectivity index is 1.13. The molecular weight excluding hydrogens is 607 g/mol. The normalized spacial score (nSPS) is 31.2. The predicted octanol–water partition coefficient (Wildman–Crippen LogP) is 12.7. The first kappa shape index (κ1) is 28.4. The van der Waals surface area contributed by atoms with Gasteiger partial charge >= 0.3 is 0 Å². The van der Waals surface area contributed by atoms with Crippen molar-refractivity contribution in [2.45, 2.75) is 82.5 Å². The zero-order valence-corrected chi connectivity index (χ0v) is 29.7.